The highest BCUT2D eigenvalue weighted by molar-refractivity contribution is 7.12. The molecule has 1 N–H and O–H groups in total. The van der Waals surface area contributed by atoms with Gasteiger partial charge in [-0.1, -0.05) is 44.5 Å². The average molecular weight is 308 g/mol. The fourth-order valence-corrected chi connectivity index (χ4v) is 3.77. The third kappa shape index (κ3) is 3.25. The molecule has 0 aliphatic carbocycles. The van der Waals surface area contributed by atoms with Gasteiger partial charge in [-0.15, -0.1) is 11.3 Å². The van der Waals surface area contributed by atoms with Crippen LogP contribution in [0.2, 0.25) is 5.02 Å². The van der Waals surface area contributed by atoms with Gasteiger partial charge >= 0.3 is 0 Å². The molecule has 2 aromatic rings. The second-order valence-corrected chi connectivity index (χ2v) is 7.72. The van der Waals surface area contributed by atoms with Crippen molar-refractivity contribution in [1.82, 2.24) is 5.32 Å². The molecule has 0 aliphatic rings. The Labute approximate surface area is 131 Å². The van der Waals surface area contributed by atoms with Crippen LogP contribution in [0.25, 0.3) is 0 Å². The van der Waals surface area contributed by atoms with E-state index >= 15 is 0 Å². The quantitative estimate of drug-likeness (QED) is 0.809. The number of halogens is 1. The zero-order valence-corrected chi connectivity index (χ0v) is 14.3. The SMILES string of the molecule is CNC(c1ccc(C(C)(C)C)s1)c1ccc(C)cc1Cl. The van der Waals surface area contributed by atoms with Crippen LogP contribution >= 0.6 is 22.9 Å². The highest BCUT2D eigenvalue weighted by Gasteiger charge is 2.21. The minimum Gasteiger partial charge on any atom is -0.309 e. The lowest BCUT2D eigenvalue weighted by Crippen LogP contribution is -2.17. The van der Waals surface area contributed by atoms with E-state index in [-0.39, 0.29) is 11.5 Å². The van der Waals surface area contributed by atoms with Crippen molar-refractivity contribution < 1.29 is 0 Å². The number of rotatable bonds is 3. The molecule has 2 rings (SSSR count). The van der Waals surface area contributed by atoms with Gasteiger partial charge in [-0.3, -0.25) is 0 Å². The van der Waals surface area contributed by atoms with Gasteiger partial charge in [0.05, 0.1) is 6.04 Å². The van der Waals surface area contributed by atoms with Crippen molar-refractivity contribution in [2.45, 2.75) is 39.2 Å². The van der Waals surface area contributed by atoms with Gasteiger partial charge in [0.15, 0.2) is 0 Å². The average Bonchev–Trinajstić information content (AvgIpc) is 2.82. The first-order chi connectivity index (χ1) is 9.32. The van der Waals surface area contributed by atoms with Crippen LogP contribution < -0.4 is 5.32 Å². The van der Waals surface area contributed by atoms with E-state index in [1.54, 1.807) is 0 Å². The molecule has 1 unspecified atom stereocenters. The summed E-state index contributed by atoms with van der Waals surface area (Å²) in [5, 5.41) is 4.21. The molecule has 0 radical (unpaired) electrons. The lowest BCUT2D eigenvalue weighted by atomic mass is 9.95. The van der Waals surface area contributed by atoms with E-state index in [2.05, 4.69) is 57.3 Å². The molecule has 1 aromatic carbocycles. The lowest BCUT2D eigenvalue weighted by Gasteiger charge is -2.18. The van der Waals surface area contributed by atoms with Crippen molar-refractivity contribution >= 4 is 22.9 Å². The van der Waals surface area contributed by atoms with Crippen LogP contribution in [-0.2, 0) is 5.41 Å². The summed E-state index contributed by atoms with van der Waals surface area (Å²) in [4.78, 5) is 2.71. The molecule has 0 saturated carbocycles. The number of nitrogens with one attached hydrogen (secondary N) is 1. The van der Waals surface area contributed by atoms with E-state index in [9.17, 15) is 0 Å². The number of thiophene rings is 1. The molecular weight excluding hydrogens is 286 g/mol. The predicted molar refractivity (Wildman–Crippen MR) is 90.1 cm³/mol. The largest absolute Gasteiger partial charge is 0.309 e. The van der Waals surface area contributed by atoms with Gasteiger partial charge in [0.1, 0.15) is 0 Å². The molecule has 0 fully saturated rings. The van der Waals surface area contributed by atoms with Crippen LogP contribution in [0.15, 0.2) is 30.3 Å². The maximum Gasteiger partial charge on any atom is 0.0683 e. The van der Waals surface area contributed by atoms with Crippen molar-refractivity contribution in [2.75, 3.05) is 7.05 Å². The third-order valence-electron chi connectivity index (χ3n) is 3.41. The monoisotopic (exact) mass is 307 g/mol. The zero-order chi connectivity index (χ0) is 14.9. The molecule has 0 aliphatic heterocycles. The molecule has 108 valence electrons. The Morgan fingerprint density at radius 1 is 1.15 bits per heavy atom. The number of aryl methyl sites for hydroxylation is 1. The van der Waals surface area contributed by atoms with Gasteiger partial charge in [-0.05, 0) is 48.7 Å². The number of hydrogen-bond donors (Lipinski definition) is 1. The zero-order valence-electron chi connectivity index (χ0n) is 12.8. The summed E-state index contributed by atoms with van der Waals surface area (Å²) in [6.45, 7) is 8.80. The smallest absolute Gasteiger partial charge is 0.0683 e. The summed E-state index contributed by atoms with van der Waals surface area (Å²) in [6, 6.07) is 10.9. The van der Waals surface area contributed by atoms with Crippen LogP contribution in [0.5, 0.6) is 0 Å². The van der Waals surface area contributed by atoms with Gasteiger partial charge < -0.3 is 5.32 Å². The maximum absolute atomic E-state index is 6.41. The molecule has 1 heterocycles. The van der Waals surface area contributed by atoms with Gasteiger partial charge in [0.25, 0.3) is 0 Å². The third-order valence-corrected chi connectivity index (χ3v) is 5.31. The highest BCUT2D eigenvalue weighted by atomic mass is 35.5. The van der Waals surface area contributed by atoms with Crippen molar-refractivity contribution in [3.05, 3.63) is 56.2 Å². The van der Waals surface area contributed by atoms with Crippen LogP contribution in [0.1, 0.15) is 47.7 Å². The summed E-state index contributed by atoms with van der Waals surface area (Å²) in [6.07, 6.45) is 0. The van der Waals surface area contributed by atoms with Crippen molar-refractivity contribution in [2.24, 2.45) is 0 Å². The first-order valence-electron chi connectivity index (χ1n) is 6.86. The molecule has 1 aromatic heterocycles. The minimum absolute atomic E-state index is 0.157. The normalized spacial score (nSPS) is 13.5. The first-order valence-corrected chi connectivity index (χ1v) is 8.06. The topological polar surface area (TPSA) is 12.0 Å². The van der Waals surface area contributed by atoms with Gasteiger partial charge in [0, 0.05) is 14.8 Å². The van der Waals surface area contributed by atoms with Gasteiger partial charge in [0.2, 0.25) is 0 Å². The van der Waals surface area contributed by atoms with E-state index in [0.29, 0.717) is 0 Å². The van der Waals surface area contributed by atoms with Crippen molar-refractivity contribution in [1.29, 1.82) is 0 Å². The first kappa shape index (κ1) is 15.6. The Kier molecular flexibility index (Phi) is 4.58. The molecule has 3 heteroatoms. The Balaban J connectivity index is 2.40. The van der Waals surface area contributed by atoms with Crippen molar-refractivity contribution in [3.8, 4) is 0 Å². The maximum atomic E-state index is 6.41. The lowest BCUT2D eigenvalue weighted by molar-refractivity contribution is 0.604. The van der Waals surface area contributed by atoms with E-state index in [0.717, 1.165) is 10.6 Å². The van der Waals surface area contributed by atoms with Crippen LogP contribution in [0.3, 0.4) is 0 Å². The van der Waals surface area contributed by atoms with E-state index in [4.69, 9.17) is 11.6 Å². The fraction of sp³-hybridized carbons (Fsp3) is 0.412. The molecule has 0 saturated heterocycles. The molecular formula is C17H22ClNS. The Morgan fingerprint density at radius 3 is 2.35 bits per heavy atom. The Morgan fingerprint density at radius 2 is 1.85 bits per heavy atom. The van der Waals surface area contributed by atoms with E-state index in [1.165, 1.54) is 15.3 Å². The summed E-state index contributed by atoms with van der Waals surface area (Å²) in [5.41, 5.74) is 2.52. The molecule has 0 spiro atoms. The molecule has 0 bridgehead atoms. The van der Waals surface area contributed by atoms with Gasteiger partial charge in [-0.2, -0.15) is 0 Å². The van der Waals surface area contributed by atoms with Crippen LogP contribution in [0.4, 0.5) is 0 Å². The molecule has 0 amide bonds. The van der Waals surface area contributed by atoms with E-state index in [1.807, 2.05) is 24.5 Å². The Hall–Kier alpha value is -0.830. The number of hydrogen-bond acceptors (Lipinski definition) is 2. The van der Waals surface area contributed by atoms with Crippen LogP contribution in [0, 0.1) is 6.92 Å². The van der Waals surface area contributed by atoms with E-state index < -0.39 is 0 Å². The second kappa shape index (κ2) is 5.88. The summed E-state index contributed by atoms with van der Waals surface area (Å²) < 4.78 is 0. The Bertz CT molecular complexity index is 595. The molecule has 1 nitrogen and oxygen atoms in total. The van der Waals surface area contributed by atoms with Crippen LogP contribution in [-0.4, -0.2) is 7.05 Å². The minimum atomic E-state index is 0.157. The second-order valence-electron chi connectivity index (χ2n) is 6.20. The summed E-state index contributed by atoms with van der Waals surface area (Å²) in [7, 11) is 1.98. The predicted octanol–water partition coefficient (Wildman–Crippen LogP) is 5.32. The summed E-state index contributed by atoms with van der Waals surface area (Å²) >= 11 is 8.27. The fourth-order valence-electron chi connectivity index (χ4n) is 2.23. The number of benzene rings is 1. The molecule has 20 heavy (non-hydrogen) atoms. The molecule has 1 atom stereocenters. The standard InChI is InChI=1S/C17H22ClNS/c1-11-6-7-12(13(18)10-11)16(19-5)14-8-9-15(20-14)17(2,3)4/h6-10,16,19H,1-5H3. The summed E-state index contributed by atoms with van der Waals surface area (Å²) in [5.74, 6) is 0. The van der Waals surface area contributed by atoms with Gasteiger partial charge in [-0.25, -0.2) is 0 Å². The van der Waals surface area contributed by atoms with Crippen molar-refractivity contribution in [3.63, 3.8) is 0 Å². The highest BCUT2D eigenvalue weighted by Crippen LogP contribution is 2.36.